The topological polar surface area (TPSA) is 71.2 Å². The van der Waals surface area contributed by atoms with Crippen molar-refractivity contribution in [2.75, 3.05) is 25.5 Å². The average molecular weight is 300 g/mol. The average Bonchev–Trinajstić information content (AvgIpc) is 3.27. The molecule has 0 amide bonds. The first-order valence-electron chi connectivity index (χ1n) is 7.75. The summed E-state index contributed by atoms with van der Waals surface area (Å²) in [4.78, 5) is 13.2. The quantitative estimate of drug-likeness (QED) is 0.844. The van der Waals surface area contributed by atoms with Crippen molar-refractivity contribution in [2.45, 2.75) is 38.3 Å². The van der Waals surface area contributed by atoms with E-state index in [1.54, 1.807) is 6.33 Å². The van der Waals surface area contributed by atoms with Crippen LogP contribution in [0.2, 0.25) is 0 Å². The summed E-state index contributed by atoms with van der Waals surface area (Å²) in [5.41, 5.74) is 2.36. The number of aromatic nitrogens is 4. The fourth-order valence-electron chi connectivity index (χ4n) is 2.92. The van der Waals surface area contributed by atoms with Gasteiger partial charge in [0.05, 0.1) is 12.2 Å². The van der Waals surface area contributed by atoms with Gasteiger partial charge in [0.2, 0.25) is 11.8 Å². The van der Waals surface area contributed by atoms with E-state index in [9.17, 15) is 0 Å². The molecule has 0 saturated heterocycles. The van der Waals surface area contributed by atoms with Crippen LogP contribution < -0.4 is 4.90 Å². The lowest BCUT2D eigenvalue weighted by atomic mass is 10.1. The number of hydrogen-bond donors (Lipinski definition) is 0. The second kappa shape index (κ2) is 5.31. The van der Waals surface area contributed by atoms with Gasteiger partial charge in [0.15, 0.2) is 0 Å². The van der Waals surface area contributed by atoms with Gasteiger partial charge >= 0.3 is 0 Å². The van der Waals surface area contributed by atoms with Crippen molar-refractivity contribution in [3.63, 3.8) is 0 Å². The van der Waals surface area contributed by atoms with E-state index in [0.29, 0.717) is 18.4 Å². The molecule has 0 radical (unpaired) electrons. The normalized spacial score (nSPS) is 18.3. The number of fused-ring (bicyclic) bond motifs is 1. The van der Waals surface area contributed by atoms with Gasteiger partial charge in [-0.3, -0.25) is 4.90 Å². The molecule has 3 heterocycles. The minimum atomic E-state index is 0.511. The number of rotatable bonds is 4. The zero-order chi connectivity index (χ0) is 15.1. The highest BCUT2D eigenvalue weighted by Crippen LogP contribution is 2.39. The van der Waals surface area contributed by atoms with Gasteiger partial charge in [-0.15, -0.1) is 10.2 Å². The molecule has 22 heavy (non-hydrogen) atoms. The van der Waals surface area contributed by atoms with Gasteiger partial charge in [-0.2, -0.15) is 0 Å². The van der Waals surface area contributed by atoms with Crippen LogP contribution in [0.3, 0.4) is 0 Å². The van der Waals surface area contributed by atoms with Gasteiger partial charge in [0.25, 0.3) is 0 Å². The summed E-state index contributed by atoms with van der Waals surface area (Å²) in [6.45, 7) is 2.48. The van der Waals surface area contributed by atoms with E-state index in [-0.39, 0.29) is 0 Å². The lowest BCUT2D eigenvalue weighted by molar-refractivity contribution is 0.217. The maximum atomic E-state index is 5.77. The summed E-state index contributed by atoms with van der Waals surface area (Å²) in [6, 6.07) is 0. The van der Waals surface area contributed by atoms with Crippen molar-refractivity contribution >= 4 is 5.82 Å². The van der Waals surface area contributed by atoms with Crippen LogP contribution in [0.4, 0.5) is 5.82 Å². The van der Waals surface area contributed by atoms with Crippen LogP contribution in [0.15, 0.2) is 10.7 Å². The second-order valence-corrected chi connectivity index (χ2v) is 6.29. The van der Waals surface area contributed by atoms with Crippen LogP contribution in [0.25, 0.3) is 0 Å². The van der Waals surface area contributed by atoms with Crippen molar-refractivity contribution in [3.05, 3.63) is 29.4 Å². The van der Waals surface area contributed by atoms with Crippen LogP contribution in [0, 0.1) is 0 Å². The van der Waals surface area contributed by atoms with Crippen LogP contribution in [0.1, 0.15) is 41.8 Å². The highest BCUT2D eigenvalue weighted by Gasteiger charge is 2.30. The molecule has 2 aliphatic rings. The van der Waals surface area contributed by atoms with Crippen LogP contribution in [0.5, 0.6) is 0 Å². The molecule has 7 heteroatoms. The Morgan fingerprint density at radius 3 is 2.91 bits per heavy atom. The summed E-state index contributed by atoms with van der Waals surface area (Å²) in [5, 5.41) is 8.34. The van der Waals surface area contributed by atoms with E-state index in [0.717, 1.165) is 36.9 Å². The highest BCUT2D eigenvalue weighted by atomic mass is 16.4. The third-order valence-electron chi connectivity index (χ3n) is 4.25. The lowest BCUT2D eigenvalue weighted by Gasteiger charge is -2.29. The summed E-state index contributed by atoms with van der Waals surface area (Å²) < 4.78 is 5.77. The molecule has 1 fully saturated rings. The van der Waals surface area contributed by atoms with Crippen LogP contribution in [-0.2, 0) is 19.5 Å². The smallest absolute Gasteiger partial charge is 0.230 e. The van der Waals surface area contributed by atoms with E-state index in [4.69, 9.17) is 4.42 Å². The molecule has 0 bridgehead atoms. The van der Waals surface area contributed by atoms with Crippen LogP contribution >= 0.6 is 0 Å². The molecule has 0 atom stereocenters. The predicted molar refractivity (Wildman–Crippen MR) is 80.5 cm³/mol. The first-order chi connectivity index (χ1) is 10.7. The SMILES string of the molecule is CN(C)c1ncnc2c1CN(Cc1nnc(C3CC3)o1)CC2. The third-order valence-corrected chi connectivity index (χ3v) is 4.25. The Balaban J connectivity index is 1.50. The van der Waals surface area contributed by atoms with Gasteiger partial charge in [0, 0.05) is 45.1 Å². The first-order valence-corrected chi connectivity index (χ1v) is 7.75. The Hall–Kier alpha value is -2.02. The number of nitrogens with zero attached hydrogens (tertiary/aromatic N) is 6. The van der Waals surface area contributed by atoms with E-state index >= 15 is 0 Å². The number of anilines is 1. The Labute approximate surface area is 129 Å². The van der Waals surface area contributed by atoms with E-state index < -0.39 is 0 Å². The zero-order valence-electron chi connectivity index (χ0n) is 13.0. The molecular weight excluding hydrogens is 280 g/mol. The fraction of sp³-hybridized carbons (Fsp3) is 0.600. The molecule has 4 rings (SSSR count). The summed E-state index contributed by atoms with van der Waals surface area (Å²) in [5.74, 6) is 3.04. The van der Waals surface area contributed by atoms with E-state index in [2.05, 4.69) is 25.1 Å². The summed E-state index contributed by atoms with van der Waals surface area (Å²) >= 11 is 0. The summed E-state index contributed by atoms with van der Waals surface area (Å²) in [7, 11) is 4.03. The zero-order valence-corrected chi connectivity index (χ0v) is 13.0. The Kier molecular flexibility index (Phi) is 3.29. The minimum Gasteiger partial charge on any atom is -0.424 e. The van der Waals surface area contributed by atoms with Crippen LogP contribution in [-0.4, -0.2) is 45.7 Å². The minimum absolute atomic E-state index is 0.511. The first kappa shape index (κ1) is 13.6. The molecule has 7 nitrogen and oxygen atoms in total. The Bertz CT molecular complexity index is 678. The molecule has 1 aliphatic carbocycles. The maximum absolute atomic E-state index is 5.77. The van der Waals surface area contributed by atoms with Gasteiger partial charge in [-0.1, -0.05) is 0 Å². The fourth-order valence-corrected chi connectivity index (χ4v) is 2.92. The maximum Gasteiger partial charge on any atom is 0.230 e. The molecule has 2 aromatic heterocycles. The molecule has 0 N–H and O–H groups in total. The molecule has 0 aromatic carbocycles. The largest absolute Gasteiger partial charge is 0.424 e. The highest BCUT2D eigenvalue weighted by molar-refractivity contribution is 5.48. The van der Waals surface area contributed by atoms with Gasteiger partial charge < -0.3 is 9.32 Å². The van der Waals surface area contributed by atoms with Gasteiger partial charge in [0.1, 0.15) is 12.1 Å². The molecule has 2 aromatic rings. The third kappa shape index (κ3) is 2.56. The van der Waals surface area contributed by atoms with Crippen molar-refractivity contribution in [1.29, 1.82) is 0 Å². The number of hydrogen-bond acceptors (Lipinski definition) is 7. The van der Waals surface area contributed by atoms with Crippen molar-refractivity contribution < 1.29 is 4.42 Å². The van der Waals surface area contributed by atoms with Crippen molar-refractivity contribution in [2.24, 2.45) is 0 Å². The monoisotopic (exact) mass is 300 g/mol. The molecular formula is C15H20N6O. The molecule has 1 saturated carbocycles. The Morgan fingerprint density at radius 1 is 1.27 bits per heavy atom. The molecule has 1 aliphatic heterocycles. The standard InChI is InChI=1S/C15H20N6O/c1-20(2)14-11-7-21(6-5-12(11)16-9-17-14)8-13-18-19-15(22-13)10-3-4-10/h9-10H,3-8H2,1-2H3. The van der Waals surface area contributed by atoms with E-state index in [1.165, 1.54) is 18.4 Å². The second-order valence-electron chi connectivity index (χ2n) is 6.29. The van der Waals surface area contributed by atoms with Crippen molar-refractivity contribution in [3.8, 4) is 0 Å². The van der Waals surface area contributed by atoms with Gasteiger partial charge in [-0.25, -0.2) is 9.97 Å². The summed E-state index contributed by atoms with van der Waals surface area (Å²) in [6.07, 6.45) is 4.95. The molecule has 0 spiro atoms. The molecule has 116 valence electrons. The Morgan fingerprint density at radius 2 is 2.14 bits per heavy atom. The lowest BCUT2D eigenvalue weighted by Crippen LogP contribution is -2.32. The van der Waals surface area contributed by atoms with Gasteiger partial charge in [-0.05, 0) is 12.8 Å². The van der Waals surface area contributed by atoms with Crippen molar-refractivity contribution in [1.82, 2.24) is 25.1 Å². The van der Waals surface area contributed by atoms with E-state index in [1.807, 2.05) is 19.0 Å². The predicted octanol–water partition coefficient (Wildman–Crippen LogP) is 1.36. The molecule has 0 unspecified atom stereocenters.